The van der Waals surface area contributed by atoms with E-state index in [9.17, 15) is 4.79 Å². The van der Waals surface area contributed by atoms with Crippen LogP contribution in [0.5, 0.6) is 0 Å². The number of benzene rings is 1. The minimum Gasteiger partial charge on any atom is -0.326 e. The van der Waals surface area contributed by atoms with Crippen LogP contribution < -0.4 is 10.9 Å². The fourth-order valence-corrected chi connectivity index (χ4v) is 5.22. The first-order valence-corrected chi connectivity index (χ1v) is 11.8. The summed E-state index contributed by atoms with van der Waals surface area (Å²) in [6, 6.07) is 17.8. The van der Waals surface area contributed by atoms with E-state index < -0.39 is 0 Å². The van der Waals surface area contributed by atoms with Gasteiger partial charge in [-0.15, -0.1) is 36.2 Å². The number of likely N-dealkylation sites (tertiary alicyclic amines) is 1. The zero-order valence-corrected chi connectivity index (χ0v) is 21.2. The molecule has 4 nitrogen and oxygen atoms in total. The van der Waals surface area contributed by atoms with Crippen molar-refractivity contribution in [1.82, 2.24) is 15.2 Å². The Labute approximate surface area is 207 Å². The van der Waals surface area contributed by atoms with E-state index in [0.717, 1.165) is 49.4 Å². The number of hydrogen-bond acceptors (Lipinski definition) is 4. The second-order valence-electron chi connectivity index (χ2n) is 8.20. The van der Waals surface area contributed by atoms with Crippen LogP contribution in [-0.4, -0.2) is 29.0 Å². The maximum atomic E-state index is 12.0. The lowest BCUT2D eigenvalue weighted by Crippen LogP contribution is -2.41. The second kappa shape index (κ2) is 12.6. The average Bonchev–Trinajstić information content (AvgIpc) is 3.23. The average molecular weight is 495 g/mol. The lowest BCUT2D eigenvalue weighted by Gasteiger charge is -2.32. The van der Waals surface area contributed by atoms with Crippen molar-refractivity contribution in [3.8, 4) is 10.4 Å². The zero-order valence-electron chi connectivity index (χ0n) is 18.7. The van der Waals surface area contributed by atoms with Gasteiger partial charge in [0.25, 0.3) is 5.56 Å². The molecule has 0 aliphatic carbocycles. The summed E-state index contributed by atoms with van der Waals surface area (Å²) in [5, 5.41) is 3.76. The number of aryl methyl sites for hydroxylation is 2. The quantitative estimate of drug-likeness (QED) is 0.451. The number of halogens is 2. The van der Waals surface area contributed by atoms with Crippen LogP contribution in [0.15, 0.2) is 53.3 Å². The van der Waals surface area contributed by atoms with Crippen LogP contribution >= 0.6 is 36.2 Å². The van der Waals surface area contributed by atoms with Gasteiger partial charge in [-0.2, -0.15) is 0 Å². The predicted molar refractivity (Wildman–Crippen MR) is 141 cm³/mol. The molecule has 1 aromatic carbocycles. The molecule has 0 amide bonds. The molecule has 0 unspecified atom stereocenters. The summed E-state index contributed by atoms with van der Waals surface area (Å²) in [4.78, 5) is 20.1. The summed E-state index contributed by atoms with van der Waals surface area (Å²) in [6.45, 7) is 8.28. The first-order valence-electron chi connectivity index (χ1n) is 10.9. The zero-order chi connectivity index (χ0) is 20.9. The van der Waals surface area contributed by atoms with Gasteiger partial charge in [0.05, 0.1) is 0 Å². The topological polar surface area (TPSA) is 48.1 Å². The Morgan fingerprint density at radius 3 is 2.50 bits per heavy atom. The van der Waals surface area contributed by atoms with Crippen molar-refractivity contribution in [2.45, 2.75) is 52.2 Å². The normalized spacial score (nSPS) is 14.6. The lowest BCUT2D eigenvalue weighted by atomic mass is 10.0. The molecule has 2 N–H and O–H groups in total. The molecule has 1 aliphatic rings. The molecule has 1 saturated heterocycles. The van der Waals surface area contributed by atoms with Crippen LogP contribution in [-0.2, 0) is 19.5 Å². The molecule has 0 radical (unpaired) electrons. The van der Waals surface area contributed by atoms with Crippen molar-refractivity contribution in [3.63, 3.8) is 0 Å². The highest BCUT2D eigenvalue weighted by Crippen LogP contribution is 2.30. The summed E-state index contributed by atoms with van der Waals surface area (Å²) < 4.78 is 0. The summed E-state index contributed by atoms with van der Waals surface area (Å²) in [5.41, 5.74) is 4.39. The fourth-order valence-electron chi connectivity index (χ4n) is 4.18. The monoisotopic (exact) mass is 493 g/mol. The smallest absolute Gasteiger partial charge is 0.251 e. The van der Waals surface area contributed by atoms with Crippen LogP contribution in [0.2, 0.25) is 0 Å². The number of aromatic amines is 1. The molecule has 3 aromatic rings. The van der Waals surface area contributed by atoms with Crippen LogP contribution in [0.4, 0.5) is 0 Å². The van der Waals surface area contributed by atoms with E-state index in [1.807, 2.05) is 25.2 Å². The third-order valence-corrected chi connectivity index (χ3v) is 7.14. The third kappa shape index (κ3) is 6.69. The molecule has 0 saturated carbocycles. The minimum atomic E-state index is 0. The molecule has 174 valence electrons. The van der Waals surface area contributed by atoms with E-state index in [4.69, 9.17) is 0 Å². The number of nitrogens with zero attached hydrogens (tertiary/aromatic N) is 1. The molecule has 7 heteroatoms. The van der Waals surface area contributed by atoms with Gasteiger partial charge in [-0.3, -0.25) is 9.69 Å². The first-order chi connectivity index (χ1) is 14.6. The number of pyridine rings is 1. The fraction of sp³-hybridized carbons (Fsp3) is 0.400. The molecule has 3 heterocycles. The van der Waals surface area contributed by atoms with Gasteiger partial charge in [0.2, 0.25) is 0 Å². The predicted octanol–water partition coefficient (Wildman–Crippen LogP) is 5.57. The maximum absolute atomic E-state index is 12.0. The Balaban J connectivity index is 0.00000181. The van der Waals surface area contributed by atoms with E-state index in [1.54, 1.807) is 0 Å². The van der Waals surface area contributed by atoms with Gasteiger partial charge in [-0.05, 0) is 63.0 Å². The standard InChI is InChI=1S/C25H31N3OS.2ClH/c1-3-20-15-23(18(2)27-25(20)29)24-10-9-22(30-24)16-26-21-11-13-28(14-12-21)17-19-7-5-4-6-8-19;;/h4-10,15,21,26H,3,11-14,16-17H2,1-2H3,(H,27,29);2*1H. The highest BCUT2D eigenvalue weighted by molar-refractivity contribution is 7.15. The number of rotatable bonds is 7. The molecule has 2 aromatic heterocycles. The lowest BCUT2D eigenvalue weighted by molar-refractivity contribution is 0.190. The van der Waals surface area contributed by atoms with Gasteiger partial charge >= 0.3 is 0 Å². The molecular weight excluding hydrogens is 461 g/mol. The van der Waals surface area contributed by atoms with Gasteiger partial charge in [-0.25, -0.2) is 0 Å². The van der Waals surface area contributed by atoms with Crippen molar-refractivity contribution < 1.29 is 0 Å². The van der Waals surface area contributed by atoms with Crippen LogP contribution in [0.25, 0.3) is 10.4 Å². The van der Waals surface area contributed by atoms with E-state index in [-0.39, 0.29) is 30.4 Å². The largest absolute Gasteiger partial charge is 0.326 e. The number of hydrogen-bond donors (Lipinski definition) is 2. The Kier molecular flexibility index (Phi) is 10.5. The van der Waals surface area contributed by atoms with Crippen molar-refractivity contribution in [3.05, 3.63) is 80.6 Å². The number of nitrogens with one attached hydrogen (secondary N) is 2. The van der Waals surface area contributed by atoms with Gasteiger partial charge in [0.1, 0.15) is 0 Å². The molecular formula is C25H33Cl2N3OS. The van der Waals surface area contributed by atoms with E-state index >= 15 is 0 Å². The Hall–Kier alpha value is -1.63. The van der Waals surface area contributed by atoms with Gasteiger partial charge in [-0.1, -0.05) is 37.3 Å². The number of piperidine rings is 1. The summed E-state index contributed by atoms with van der Waals surface area (Å²) in [7, 11) is 0. The van der Waals surface area contributed by atoms with E-state index in [1.165, 1.54) is 28.2 Å². The van der Waals surface area contributed by atoms with Crippen molar-refractivity contribution >= 4 is 36.2 Å². The van der Waals surface area contributed by atoms with Gasteiger partial charge in [0.15, 0.2) is 0 Å². The molecule has 32 heavy (non-hydrogen) atoms. The Morgan fingerprint density at radius 1 is 1.09 bits per heavy atom. The Morgan fingerprint density at radius 2 is 1.81 bits per heavy atom. The molecule has 4 rings (SSSR count). The maximum Gasteiger partial charge on any atom is 0.251 e. The highest BCUT2D eigenvalue weighted by Gasteiger charge is 2.19. The summed E-state index contributed by atoms with van der Waals surface area (Å²) in [6.07, 6.45) is 3.15. The van der Waals surface area contributed by atoms with E-state index in [2.05, 4.69) is 63.7 Å². The van der Waals surface area contributed by atoms with Gasteiger partial charge in [0, 0.05) is 45.7 Å². The van der Waals surface area contributed by atoms with Crippen molar-refractivity contribution in [1.29, 1.82) is 0 Å². The van der Waals surface area contributed by atoms with Crippen LogP contribution in [0, 0.1) is 6.92 Å². The SMILES string of the molecule is CCc1cc(-c2ccc(CNC3CCN(Cc4ccccc4)CC3)s2)c(C)[nH]c1=O.Cl.Cl. The second-order valence-corrected chi connectivity index (χ2v) is 9.37. The van der Waals surface area contributed by atoms with Crippen LogP contribution in [0.3, 0.4) is 0 Å². The highest BCUT2D eigenvalue weighted by atomic mass is 35.5. The third-order valence-electron chi connectivity index (χ3n) is 6.02. The van der Waals surface area contributed by atoms with Crippen molar-refractivity contribution in [2.75, 3.05) is 13.1 Å². The van der Waals surface area contributed by atoms with E-state index in [0.29, 0.717) is 6.04 Å². The minimum absolute atomic E-state index is 0. The number of aromatic nitrogens is 1. The molecule has 0 bridgehead atoms. The number of thiophene rings is 1. The summed E-state index contributed by atoms with van der Waals surface area (Å²) in [5.74, 6) is 0. The molecule has 0 atom stereocenters. The first kappa shape index (κ1) is 26.6. The molecule has 1 fully saturated rings. The van der Waals surface area contributed by atoms with Gasteiger partial charge < -0.3 is 10.3 Å². The number of H-pyrrole nitrogens is 1. The molecule has 0 spiro atoms. The van der Waals surface area contributed by atoms with Crippen LogP contribution in [0.1, 0.15) is 41.5 Å². The summed E-state index contributed by atoms with van der Waals surface area (Å²) >= 11 is 1.82. The van der Waals surface area contributed by atoms with Crippen molar-refractivity contribution in [2.24, 2.45) is 0 Å². The molecule has 1 aliphatic heterocycles. The Bertz CT molecular complexity index is 1030.